The molecule has 3 atom stereocenters. The second kappa shape index (κ2) is 3.37. The maximum Gasteiger partial charge on any atom is 0.411 e. The summed E-state index contributed by atoms with van der Waals surface area (Å²) in [5.41, 5.74) is 4.75. The van der Waals surface area contributed by atoms with E-state index in [-0.39, 0.29) is 6.04 Å². The lowest BCUT2D eigenvalue weighted by Crippen LogP contribution is -2.47. The molecule has 1 heterocycles. The standard InChI is InChI=1S/C11H18N2O3/c1-11(2,3)16-10(15)13-7-4-6(7)5-8(13)9(12)14/h6-8H,4-5H2,1-3H3,(H2,12,14)/t6-,7+,8?/m1/s1. The normalized spacial score (nSPS) is 32.2. The van der Waals surface area contributed by atoms with E-state index in [9.17, 15) is 9.59 Å². The molecule has 2 N–H and O–H groups in total. The molecule has 1 saturated heterocycles. The van der Waals surface area contributed by atoms with E-state index >= 15 is 0 Å². The van der Waals surface area contributed by atoms with Crippen molar-refractivity contribution in [3.8, 4) is 0 Å². The van der Waals surface area contributed by atoms with Crippen LogP contribution in [0.4, 0.5) is 4.79 Å². The van der Waals surface area contributed by atoms with Gasteiger partial charge in [0, 0.05) is 6.04 Å². The Bertz CT molecular complexity index is 335. The Labute approximate surface area is 94.9 Å². The van der Waals surface area contributed by atoms with Gasteiger partial charge in [-0.25, -0.2) is 4.79 Å². The summed E-state index contributed by atoms with van der Waals surface area (Å²) in [6.45, 7) is 5.43. The molecule has 1 saturated carbocycles. The highest BCUT2D eigenvalue weighted by Gasteiger charge is 2.56. The third-order valence-corrected chi connectivity index (χ3v) is 3.04. The number of rotatable bonds is 1. The predicted molar refractivity (Wildman–Crippen MR) is 57.6 cm³/mol. The lowest BCUT2D eigenvalue weighted by atomic mass is 10.1. The second-order valence-electron chi connectivity index (χ2n) is 5.60. The molecule has 2 aliphatic rings. The van der Waals surface area contributed by atoms with E-state index in [1.165, 1.54) is 4.90 Å². The Morgan fingerprint density at radius 2 is 1.94 bits per heavy atom. The molecule has 2 amide bonds. The quantitative estimate of drug-likeness (QED) is 0.721. The van der Waals surface area contributed by atoms with Crippen LogP contribution in [-0.2, 0) is 9.53 Å². The lowest BCUT2D eigenvalue weighted by molar-refractivity contribution is -0.122. The van der Waals surface area contributed by atoms with Gasteiger partial charge in [-0.1, -0.05) is 0 Å². The summed E-state index contributed by atoms with van der Waals surface area (Å²) >= 11 is 0. The number of primary amides is 1. The van der Waals surface area contributed by atoms with E-state index in [1.807, 2.05) is 20.8 Å². The van der Waals surface area contributed by atoms with Crippen LogP contribution in [0, 0.1) is 5.92 Å². The molecule has 1 unspecified atom stereocenters. The highest BCUT2D eigenvalue weighted by atomic mass is 16.6. The van der Waals surface area contributed by atoms with Crippen molar-refractivity contribution in [2.45, 2.75) is 51.3 Å². The van der Waals surface area contributed by atoms with Gasteiger partial charge in [0.25, 0.3) is 0 Å². The topological polar surface area (TPSA) is 72.6 Å². The molecule has 0 aromatic rings. The molecule has 0 bridgehead atoms. The minimum Gasteiger partial charge on any atom is -0.444 e. The maximum atomic E-state index is 11.9. The number of carbonyl (C=O) groups excluding carboxylic acids is 2. The van der Waals surface area contributed by atoms with Crippen molar-refractivity contribution in [2.75, 3.05) is 0 Å². The smallest absolute Gasteiger partial charge is 0.411 e. The number of nitrogens with two attached hydrogens (primary N) is 1. The maximum absolute atomic E-state index is 11.9. The molecule has 0 radical (unpaired) electrons. The average Bonchev–Trinajstić information content (AvgIpc) is 2.73. The van der Waals surface area contributed by atoms with Gasteiger partial charge in [-0.2, -0.15) is 0 Å². The van der Waals surface area contributed by atoms with E-state index < -0.39 is 23.6 Å². The summed E-state index contributed by atoms with van der Waals surface area (Å²) in [4.78, 5) is 24.7. The van der Waals surface area contributed by atoms with E-state index in [2.05, 4.69) is 0 Å². The molecule has 2 fully saturated rings. The molecule has 1 aliphatic carbocycles. The number of hydrogen-bond acceptors (Lipinski definition) is 3. The van der Waals surface area contributed by atoms with Crippen molar-refractivity contribution in [3.63, 3.8) is 0 Å². The predicted octanol–water partition coefficient (Wildman–Crippen LogP) is 0.870. The van der Waals surface area contributed by atoms with Crippen molar-refractivity contribution in [1.29, 1.82) is 0 Å². The van der Waals surface area contributed by atoms with Gasteiger partial charge in [0.15, 0.2) is 0 Å². The van der Waals surface area contributed by atoms with Crippen molar-refractivity contribution < 1.29 is 14.3 Å². The minimum atomic E-state index is -0.535. The molecular formula is C11H18N2O3. The Morgan fingerprint density at radius 1 is 1.31 bits per heavy atom. The van der Waals surface area contributed by atoms with Crippen LogP contribution >= 0.6 is 0 Å². The largest absolute Gasteiger partial charge is 0.444 e. The van der Waals surface area contributed by atoms with Gasteiger partial charge in [0.1, 0.15) is 11.6 Å². The first-order valence-electron chi connectivity index (χ1n) is 5.60. The van der Waals surface area contributed by atoms with E-state index in [1.54, 1.807) is 0 Å². The Kier molecular flexibility index (Phi) is 2.36. The fraction of sp³-hybridized carbons (Fsp3) is 0.818. The number of likely N-dealkylation sites (tertiary alicyclic amines) is 1. The summed E-state index contributed by atoms with van der Waals surface area (Å²) in [5, 5.41) is 0. The highest BCUT2D eigenvalue weighted by molar-refractivity contribution is 5.85. The van der Waals surface area contributed by atoms with Gasteiger partial charge in [0.2, 0.25) is 5.91 Å². The minimum absolute atomic E-state index is 0.173. The van der Waals surface area contributed by atoms with E-state index in [0.717, 1.165) is 6.42 Å². The lowest BCUT2D eigenvalue weighted by Gasteiger charge is -2.28. The SMILES string of the molecule is CC(C)(C)OC(=O)N1C(C(N)=O)C[C@H]2C[C@@H]21. The van der Waals surface area contributed by atoms with Crippen LogP contribution in [0.5, 0.6) is 0 Å². The Morgan fingerprint density at radius 3 is 2.44 bits per heavy atom. The summed E-state index contributed by atoms with van der Waals surface area (Å²) in [6.07, 6.45) is 1.25. The molecule has 90 valence electrons. The molecule has 0 spiro atoms. The fourth-order valence-electron chi connectivity index (χ4n) is 2.29. The van der Waals surface area contributed by atoms with Gasteiger partial charge in [-0.3, -0.25) is 9.69 Å². The van der Waals surface area contributed by atoms with E-state index in [4.69, 9.17) is 10.5 Å². The Balaban J connectivity index is 2.07. The first-order valence-corrected chi connectivity index (χ1v) is 5.60. The molecule has 0 aromatic heterocycles. The first-order chi connectivity index (χ1) is 7.29. The van der Waals surface area contributed by atoms with Crippen LogP contribution in [0.3, 0.4) is 0 Å². The third kappa shape index (κ3) is 1.99. The van der Waals surface area contributed by atoms with Gasteiger partial charge in [0.05, 0.1) is 0 Å². The zero-order valence-electron chi connectivity index (χ0n) is 9.90. The Hall–Kier alpha value is -1.26. The van der Waals surface area contributed by atoms with Gasteiger partial charge >= 0.3 is 6.09 Å². The van der Waals surface area contributed by atoms with Gasteiger partial charge in [-0.05, 0) is 39.5 Å². The van der Waals surface area contributed by atoms with Crippen molar-refractivity contribution in [1.82, 2.24) is 4.90 Å². The van der Waals surface area contributed by atoms with Crippen LogP contribution in [0.15, 0.2) is 0 Å². The van der Waals surface area contributed by atoms with Gasteiger partial charge in [-0.15, -0.1) is 0 Å². The van der Waals surface area contributed by atoms with Crippen LogP contribution in [0.2, 0.25) is 0 Å². The number of ether oxygens (including phenoxy) is 1. The van der Waals surface area contributed by atoms with Crippen LogP contribution in [0.1, 0.15) is 33.6 Å². The van der Waals surface area contributed by atoms with Crippen molar-refractivity contribution >= 4 is 12.0 Å². The van der Waals surface area contributed by atoms with E-state index in [0.29, 0.717) is 12.3 Å². The molecule has 16 heavy (non-hydrogen) atoms. The fourth-order valence-corrected chi connectivity index (χ4v) is 2.29. The van der Waals surface area contributed by atoms with Crippen LogP contribution < -0.4 is 5.73 Å². The van der Waals surface area contributed by atoms with Gasteiger partial charge < -0.3 is 10.5 Å². The molecule has 0 aromatic carbocycles. The van der Waals surface area contributed by atoms with Crippen molar-refractivity contribution in [3.05, 3.63) is 0 Å². The summed E-state index contributed by atoms with van der Waals surface area (Å²) in [6, 6.07) is -0.300. The molecular weight excluding hydrogens is 208 g/mol. The number of amides is 2. The summed E-state index contributed by atoms with van der Waals surface area (Å²) in [7, 11) is 0. The summed E-state index contributed by atoms with van der Waals surface area (Å²) < 4.78 is 5.28. The first kappa shape index (κ1) is 11.2. The zero-order valence-corrected chi connectivity index (χ0v) is 9.90. The number of hydrogen-bond donors (Lipinski definition) is 1. The number of nitrogens with zero attached hydrogens (tertiary/aromatic N) is 1. The number of fused-ring (bicyclic) bond motifs is 1. The summed E-state index contributed by atoms with van der Waals surface area (Å²) in [5.74, 6) is 0.0167. The number of carbonyl (C=O) groups is 2. The molecule has 5 nitrogen and oxygen atoms in total. The van der Waals surface area contributed by atoms with Crippen LogP contribution in [-0.4, -0.2) is 34.6 Å². The highest BCUT2D eigenvalue weighted by Crippen LogP contribution is 2.48. The molecule has 5 heteroatoms. The third-order valence-electron chi connectivity index (χ3n) is 3.04. The number of piperidine rings is 1. The average molecular weight is 226 g/mol. The monoisotopic (exact) mass is 226 g/mol. The van der Waals surface area contributed by atoms with Crippen LogP contribution in [0.25, 0.3) is 0 Å². The second-order valence-corrected chi connectivity index (χ2v) is 5.60. The zero-order chi connectivity index (χ0) is 12.1. The van der Waals surface area contributed by atoms with Crippen molar-refractivity contribution in [2.24, 2.45) is 11.7 Å². The molecule has 2 rings (SSSR count). The molecule has 1 aliphatic heterocycles.